The van der Waals surface area contributed by atoms with Crippen molar-refractivity contribution in [2.45, 2.75) is 25.8 Å². The van der Waals surface area contributed by atoms with Crippen molar-refractivity contribution >= 4 is 29.1 Å². The molecule has 150 valence electrons. The second-order valence-corrected chi connectivity index (χ2v) is 7.38. The van der Waals surface area contributed by atoms with Crippen LogP contribution in [0.15, 0.2) is 42.5 Å². The second kappa shape index (κ2) is 7.58. The molecule has 0 bridgehead atoms. The van der Waals surface area contributed by atoms with Crippen LogP contribution in [0.1, 0.15) is 28.8 Å². The molecular formula is C22H23N3O4. The fourth-order valence-corrected chi connectivity index (χ4v) is 3.98. The zero-order valence-corrected chi connectivity index (χ0v) is 16.5. The lowest BCUT2D eigenvalue weighted by molar-refractivity contribution is -0.124. The fraction of sp³-hybridized carbons (Fsp3) is 0.318. The Hall–Kier alpha value is -3.35. The van der Waals surface area contributed by atoms with Crippen LogP contribution in [-0.4, -0.2) is 48.9 Å². The lowest BCUT2D eigenvalue weighted by Gasteiger charge is -2.25. The third-order valence-corrected chi connectivity index (χ3v) is 5.39. The van der Waals surface area contributed by atoms with Crippen LogP contribution in [0.3, 0.4) is 0 Å². The zero-order valence-electron chi connectivity index (χ0n) is 16.5. The quantitative estimate of drug-likeness (QED) is 0.866. The van der Waals surface area contributed by atoms with Gasteiger partial charge in [0, 0.05) is 18.3 Å². The van der Waals surface area contributed by atoms with Gasteiger partial charge in [0.1, 0.15) is 18.3 Å². The van der Waals surface area contributed by atoms with Crippen LogP contribution in [0.5, 0.6) is 5.75 Å². The van der Waals surface area contributed by atoms with Crippen molar-refractivity contribution in [2.75, 3.05) is 30.4 Å². The molecule has 2 aromatic carbocycles. The number of ether oxygens (including phenoxy) is 1. The number of carbonyl (C=O) groups excluding carboxylic acids is 3. The average molecular weight is 393 g/mol. The minimum absolute atomic E-state index is 0.143. The molecule has 2 aromatic rings. The van der Waals surface area contributed by atoms with E-state index in [4.69, 9.17) is 4.74 Å². The number of hydrogen-bond acceptors (Lipinski definition) is 4. The summed E-state index contributed by atoms with van der Waals surface area (Å²) in [5.74, 6) is -0.0619. The van der Waals surface area contributed by atoms with Crippen molar-refractivity contribution in [3.05, 3.63) is 53.6 Å². The monoisotopic (exact) mass is 393 g/mol. The van der Waals surface area contributed by atoms with Crippen LogP contribution in [0.4, 0.5) is 11.4 Å². The molecule has 0 radical (unpaired) electrons. The van der Waals surface area contributed by atoms with Crippen LogP contribution < -0.4 is 15.0 Å². The molecule has 1 N–H and O–H groups in total. The molecule has 0 unspecified atom stereocenters. The van der Waals surface area contributed by atoms with Gasteiger partial charge in [-0.15, -0.1) is 0 Å². The van der Waals surface area contributed by atoms with Crippen molar-refractivity contribution in [3.63, 3.8) is 0 Å². The number of nitrogens with zero attached hydrogens (tertiary/aromatic N) is 2. The third kappa shape index (κ3) is 3.55. The van der Waals surface area contributed by atoms with E-state index in [1.807, 2.05) is 13.0 Å². The highest BCUT2D eigenvalue weighted by atomic mass is 16.5. The number of amides is 3. The molecule has 0 spiro atoms. The Labute approximate surface area is 169 Å². The smallest absolute Gasteiger partial charge is 0.256 e. The van der Waals surface area contributed by atoms with E-state index in [2.05, 4.69) is 5.32 Å². The first-order chi connectivity index (χ1) is 14.0. The van der Waals surface area contributed by atoms with Gasteiger partial charge in [-0.3, -0.25) is 14.4 Å². The molecule has 3 amide bonds. The maximum atomic E-state index is 13.2. The predicted octanol–water partition coefficient (Wildman–Crippen LogP) is 2.59. The van der Waals surface area contributed by atoms with Crippen molar-refractivity contribution in [3.8, 4) is 5.75 Å². The molecule has 2 heterocycles. The van der Waals surface area contributed by atoms with E-state index in [1.165, 1.54) is 4.90 Å². The van der Waals surface area contributed by atoms with Gasteiger partial charge in [0.05, 0.1) is 18.4 Å². The van der Waals surface area contributed by atoms with Gasteiger partial charge in [0.2, 0.25) is 11.8 Å². The number of aryl methyl sites for hydroxylation is 1. The van der Waals surface area contributed by atoms with Gasteiger partial charge in [-0.05, 0) is 44.0 Å². The molecule has 7 nitrogen and oxygen atoms in total. The molecular weight excluding hydrogens is 370 g/mol. The maximum absolute atomic E-state index is 13.2. The molecule has 1 atom stereocenters. The van der Waals surface area contributed by atoms with Gasteiger partial charge in [0.25, 0.3) is 5.91 Å². The number of fused-ring (bicyclic) bond motifs is 2. The number of methoxy groups -OCH3 is 1. The summed E-state index contributed by atoms with van der Waals surface area (Å²) in [6, 6.07) is 11.9. The molecule has 7 heteroatoms. The van der Waals surface area contributed by atoms with E-state index >= 15 is 0 Å². The number of nitrogens with one attached hydrogen (secondary N) is 1. The third-order valence-electron chi connectivity index (χ3n) is 5.39. The summed E-state index contributed by atoms with van der Waals surface area (Å²) in [4.78, 5) is 42.1. The molecule has 0 aliphatic carbocycles. The Bertz CT molecular complexity index is 988. The highest BCUT2D eigenvalue weighted by Crippen LogP contribution is 2.33. The van der Waals surface area contributed by atoms with Crippen molar-refractivity contribution in [1.82, 2.24) is 4.90 Å². The van der Waals surface area contributed by atoms with Crippen molar-refractivity contribution in [1.29, 1.82) is 0 Å². The number of benzene rings is 2. The normalized spacial score (nSPS) is 18.2. The van der Waals surface area contributed by atoms with Crippen LogP contribution in [-0.2, 0) is 9.59 Å². The summed E-state index contributed by atoms with van der Waals surface area (Å²) in [5.41, 5.74) is 2.47. The van der Waals surface area contributed by atoms with Gasteiger partial charge < -0.3 is 19.9 Å². The highest BCUT2D eigenvalue weighted by molar-refractivity contribution is 6.13. The predicted molar refractivity (Wildman–Crippen MR) is 109 cm³/mol. The summed E-state index contributed by atoms with van der Waals surface area (Å²) in [6.45, 7) is 2.30. The summed E-state index contributed by atoms with van der Waals surface area (Å²) in [7, 11) is 1.56. The first-order valence-electron chi connectivity index (χ1n) is 9.65. The molecule has 1 saturated heterocycles. The highest BCUT2D eigenvalue weighted by Gasteiger charge is 2.42. The SMILES string of the molecule is COc1cccc(NC(=O)CN2C(=O)[C@@H]3CCCN3C(=O)c3cc(C)ccc32)c1. The molecule has 0 saturated carbocycles. The number of hydrogen-bond donors (Lipinski definition) is 1. The van der Waals surface area contributed by atoms with E-state index in [0.29, 0.717) is 35.7 Å². The van der Waals surface area contributed by atoms with E-state index in [0.717, 1.165) is 12.0 Å². The first kappa shape index (κ1) is 19.0. The van der Waals surface area contributed by atoms with E-state index in [9.17, 15) is 14.4 Å². The number of anilines is 2. The number of rotatable bonds is 4. The van der Waals surface area contributed by atoms with Gasteiger partial charge in [0.15, 0.2) is 0 Å². The minimum Gasteiger partial charge on any atom is -0.497 e. The van der Waals surface area contributed by atoms with E-state index in [1.54, 1.807) is 48.4 Å². The average Bonchev–Trinajstić information content (AvgIpc) is 3.18. The minimum atomic E-state index is -0.514. The maximum Gasteiger partial charge on any atom is 0.256 e. The Morgan fingerprint density at radius 2 is 2.03 bits per heavy atom. The first-order valence-corrected chi connectivity index (χ1v) is 9.65. The van der Waals surface area contributed by atoms with Crippen LogP contribution in [0.25, 0.3) is 0 Å². The molecule has 1 fully saturated rings. The number of carbonyl (C=O) groups is 3. The summed E-state index contributed by atoms with van der Waals surface area (Å²) in [6.07, 6.45) is 1.40. The summed E-state index contributed by atoms with van der Waals surface area (Å²) >= 11 is 0. The fourth-order valence-electron chi connectivity index (χ4n) is 3.98. The molecule has 2 aliphatic rings. The lowest BCUT2D eigenvalue weighted by atomic mass is 10.1. The van der Waals surface area contributed by atoms with Gasteiger partial charge in [-0.2, -0.15) is 0 Å². The Balaban J connectivity index is 1.64. The Morgan fingerprint density at radius 1 is 1.21 bits per heavy atom. The standard InChI is InChI=1S/C22H23N3O4/c1-14-8-9-18-17(11-14)21(27)24-10-4-7-19(24)22(28)25(18)13-20(26)23-15-5-3-6-16(12-15)29-2/h3,5-6,8-9,11-12,19H,4,7,10,13H2,1-2H3,(H,23,26)/t19-/m0/s1. The van der Waals surface area contributed by atoms with Crippen LogP contribution in [0, 0.1) is 6.92 Å². The van der Waals surface area contributed by atoms with Gasteiger partial charge in [-0.25, -0.2) is 0 Å². The van der Waals surface area contributed by atoms with Crippen molar-refractivity contribution < 1.29 is 19.1 Å². The largest absolute Gasteiger partial charge is 0.497 e. The summed E-state index contributed by atoms with van der Waals surface area (Å²) in [5, 5.41) is 2.81. The van der Waals surface area contributed by atoms with E-state index < -0.39 is 6.04 Å². The topological polar surface area (TPSA) is 79.0 Å². The zero-order chi connectivity index (χ0) is 20.5. The Morgan fingerprint density at radius 3 is 2.83 bits per heavy atom. The summed E-state index contributed by atoms with van der Waals surface area (Å²) < 4.78 is 5.18. The molecule has 2 aliphatic heterocycles. The van der Waals surface area contributed by atoms with Gasteiger partial charge >= 0.3 is 0 Å². The second-order valence-electron chi connectivity index (χ2n) is 7.38. The van der Waals surface area contributed by atoms with E-state index in [-0.39, 0.29) is 24.3 Å². The van der Waals surface area contributed by atoms with Gasteiger partial charge in [-0.1, -0.05) is 17.7 Å². The van der Waals surface area contributed by atoms with Crippen LogP contribution >= 0.6 is 0 Å². The van der Waals surface area contributed by atoms with Crippen molar-refractivity contribution in [2.24, 2.45) is 0 Å². The molecule has 29 heavy (non-hydrogen) atoms. The lowest BCUT2D eigenvalue weighted by Crippen LogP contribution is -2.47. The molecule has 0 aromatic heterocycles. The van der Waals surface area contributed by atoms with Crippen LogP contribution in [0.2, 0.25) is 0 Å². The molecule has 4 rings (SSSR count). The Kier molecular flexibility index (Phi) is 4.96.